The fourth-order valence-corrected chi connectivity index (χ4v) is 1.54. The van der Waals surface area contributed by atoms with Crippen LogP contribution in [0.15, 0.2) is 24.3 Å². The van der Waals surface area contributed by atoms with Gasteiger partial charge in [-0.3, -0.25) is 9.59 Å². The van der Waals surface area contributed by atoms with Gasteiger partial charge in [0.05, 0.1) is 0 Å². The normalized spacial score (nSPS) is 11.7. The van der Waals surface area contributed by atoms with E-state index in [1.54, 1.807) is 25.1 Å². The topological polar surface area (TPSA) is 63.4 Å². The molecule has 0 spiro atoms. The zero-order valence-electron chi connectivity index (χ0n) is 12.9. The molecule has 2 N–H and O–H groups in total. The molecular formula is C15H27ClN2O2. The molecule has 0 saturated heterocycles. The molecule has 20 heavy (non-hydrogen) atoms. The van der Waals surface area contributed by atoms with Gasteiger partial charge in [0.2, 0.25) is 11.8 Å². The Balaban J connectivity index is 0. The van der Waals surface area contributed by atoms with Crippen molar-refractivity contribution in [1.82, 2.24) is 4.90 Å². The van der Waals surface area contributed by atoms with E-state index in [2.05, 4.69) is 6.58 Å². The van der Waals surface area contributed by atoms with Crippen molar-refractivity contribution in [3.63, 3.8) is 0 Å². The Morgan fingerprint density at radius 1 is 1.35 bits per heavy atom. The predicted molar refractivity (Wildman–Crippen MR) is 85.3 cm³/mol. The minimum atomic E-state index is -0.264. The number of hydrogen-bond acceptors (Lipinski definition) is 2. The van der Waals surface area contributed by atoms with Crippen molar-refractivity contribution in [2.75, 3.05) is 14.1 Å². The van der Waals surface area contributed by atoms with Crippen LogP contribution >= 0.6 is 11.6 Å². The molecule has 0 saturated carbocycles. The van der Waals surface area contributed by atoms with Crippen LogP contribution in [0, 0.1) is 11.8 Å². The fourth-order valence-electron chi connectivity index (χ4n) is 1.43. The summed E-state index contributed by atoms with van der Waals surface area (Å²) in [5, 5.41) is 0. The number of halogens is 1. The third-order valence-electron chi connectivity index (χ3n) is 2.64. The molecule has 1 atom stereocenters. The smallest absolute Gasteiger partial charge is 0.225 e. The summed E-state index contributed by atoms with van der Waals surface area (Å²) in [7, 11) is 3.56. The van der Waals surface area contributed by atoms with Crippen molar-refractivity contribution in [2.24, 2.45) is 17.6 Å². The van der Waals surface area contributed by atoms with Crippen molar-refractivity contribution in [3.05, 3.63) is 24.3 Å². The summed E-state index contributed by atoms with van der Waals surface area (Å²) in [6, 6.07) is 0. The molecule has 4 nitrogen and oxygen atoms in total. The van der Waals surface area contributed by atoms with Crippen molar-refractivity contribution < 1.29 is 9.59 Å². The molecule has 0 rings (SSSR count). The molecule has 0 bridgehead atoms. The minimum absolute atomic E-state index is 0.0463. The molecule has 2 amide bonds. The largest absolute Gasteiger partial charge is 0.370 e. The average molecular weight is 303 g/mol. The van der Waals surface area contributed by atoms with Gasteiger partial charge in [-0.05, 0) is 18.8 Å². The minimum Gasteiger partial charge on any atom is -0.370 e. The third-order valence-corrected chi connectivity index (χ3v) is 2.81. The molecule has 0 aliphatic rings. The van der Waals surface area contributed by atoms with Gasteiger partial charge in [0, 0.05) is 32.0 Å². The van der Waals surface area contributed by atoms with E-state index in [9.17, 15) is 9.59 Å². The second-order valence-corrected chi connectivity index (χ2v) is 5.23. The Bertz CT molecular complexity index is 326. The number of nitrogens with two attached hydrogens (primary N) is 1. The lowest BCUT2D eigenvalue weighted by atomic mass is 9.91. The Morgan fingerprint density at radius 2 is 1.90 bits per heavy atom. The molecule has 0 aromatic carbocycles. The van der Waals surface area contributed by atoms with E-state index >= 15 is 0 Å². The quantitative estimate of drug-likeness (QED) is 0.735. The van der Waals surface area contributed by atoms with Crippen LogP contribution in [-0.4, -0.2) is 30.8 Å². The van der Waals surface area contributed by atoms with Crippen LogP contribution in [0.25, 0.3) is 0 Å². The SMILES string of the molecule is C=CCCC(N)=O.CC(C)C(C/C=C/Cl)C(=O)N(C)C. The van der Waals surface area contributed by atoms with E-state index in [1.165, 1.54) is 5.54 Å². The maximum absolute atomic E-state index is 11.6. The average Bonchev–Trinajstić information content (AvgIpc) is 2.36. The Hall–Kier alpha value is -1.29. The highest BCUT2D eigenvalue weighted by Crippen LogP contribution is 2.18. The molecule has 0 fully saturated rings. The summed E-state index contributed by atoms with van der Waals surface area (Å²) >= 11 is 5.43. The fraction of sp³-hybridized carbons (Fsp3) is 0.600. The third kappa shape index (κ3) is 11.8. The van der Waals surface area contributed by atoms with Crippen LogP contribution in [-0.2, 0) is 9.59 Å². The summed E-state index contributed by atoms with van der Waals surface area (Å²) in [5.41, 5.74) is 6.26. The van der Waals surface area contributed by atoms with Crippen LogP contribution in [0.3, 0.4) is 0 Å². The molecule has 5 heteroatoms. The lowest BCUT2D eigenvalue weighted by Crippen LogP contribution is -2.32. The second kappa shape index (κ2) is 12.7. The first-order valence-corrected chi connectivity index (χ1v) is 7.07. The number of carbonyl (C=O) groups excluding carboxylic acids is 2. The van der Waals surface area contributed by atoms with Gasteiger partial charge in [0.15, 0.2) is 0 Å². The molecule has 0 aliphatic carbocycles. The van der Waals surface area contributed by atoms with E-state index in [-0.39, 0.29) is 17.7 Å². The number of rotatable bonds is 7. The summed E-state index contributed by atoms with van der Waals surface area (Å²) in [5.74, 6) is 0.303. The van der Waals surface area contributed by atoms with Crippen molar-refractivity contribution in [1.29, 1.82) is 0 Å². The number of hydrogen-bond donors (Lipinski definition) is 1. The first-order valence-electron chi connectivity index (χ1n) is 6.63. The number of carbonyl (C=O) groups is 2. The van der Waals surface area contributed by atoms with E-state index < -0.39 is 0 Å². The van der Waals surface area contributed by atoms with Crippen molar-refractivity contribution in [2.45, 2.75) is 33.1 Å². The number of nitrogens with zero attached hydrogens (tertiary/aromatic N) is 1. The summed E-state index contributed by atoms with van der Waals surface area (Å²) in [6.45, 7) is 7.52. The van der Waals surface area contributed by atoms with Crippen LogP contribution in [0.2, 0.25) is 0 Å². The van der Waals surface area contributed by atoms with Gasteiger partial charge in [-0.25, -0.2) is 0 Å². The van der Waals surface area contributed by atoms with E-state index in [4.69, 9.17) is 17.3 Å². The van der Waals surface area contributed by atoms with E-state index in [0.29, 0.717) is 18.8 Å². The lowest BCUT2D eigenvalue weighted by Gasteiger charge is -2.22. The number of primary amides is 1. The van der Waals surface area contributed by atoms with Gasteiger partial charge in [-0.15, -0.1) is 6.58 Å². The molecule has 0 aromatic rings. The highest BCUT2D eigenvalue weighted by Gasteiger charge is 2.21. The summed E-state index contributed by atoms with van der Waals surface area (Å²) < 4.78 is 0. The molecule has 0 aromatic heterocycles. The standard InChI is InChI=1S/C10H18ClNO.C5H9NO/c1-8(2)9(6-5-7-11)10(13)12(3)4;1-2-3-4-5(6)7/h5,7-9H,6H2,1-4H3;2H,1,3-4H2,(H2,6,7)/b7-5+;. The van der Waals surface area contributed by atoms with Gasteiger partial charge >= 0.3 is 0 Å². The van der Waals surface area contributed by atoms with Crippen molar-refractivity contribution >= 4 is 23.4 Å². The van der Waals surface area contributed by atoms with Crippen molar-refractivity contribution in [3.8, 4) is 0 Å². The predicted octanol–water partition coefficient (Wildman–Crippen LogP) is 2.93. The molecule has 1 unspecified atom stereocenters. The molecule has 116 valence electrons. The molecule has 0 heterocycles. The van der Waals surface area contributed by atoms with E-state index in [1.807, 2.05) is 19.9 Å². The number of allylic oxidation sites excluding steroid dienone is 2. The van der Waals surface area contributed by atoms with Crippen LogP contribution < -0.4 is 5.73 Å². The summed E-state index contributed by atoms with van der Waals surface area (Å²) in [4.78, 5) is 23.2. The Morgan fingerprint density at radius 3 is 2.15 bits per heavy atom. The van der Waals surface area contributed by atoms with Gasteiger partial charge < -0.3 is 10.6 Å². The van der Waals surface area contributed by atoms with Gasteiger partial charge in [0.25, 0.3) is 0 Å². The van der Waals surface area contributed by atoms with Crippen LogP contribution in [0.5, 0.6) is 0 Å². The maximum Gasteiger partial charge on any atom is 0.225 e. The maximum atomic E-state index is 11.6. The van der Waals surface area contributed by atoms with Gasteiger partial charge in [0.1, 0.15) is 0 Å². The highest BCUT2D eigenvalue weighted by atomic mass is 35.5. The molecular weight excluding hydrogens is 276 g/mol. The van der Waals surface area contributed by atoms with E-state index in [0.717, 1.165) is 6.42 Å². The lowest BCUT2D eigenvalue weighted by molar-refractivity contribution is -0.134. The first-order chi connectivity index (χ1) is 9.27. The Labute approximate surface area is 127 Å². The van der Waals surface area contributed by atoms with Crippen LogP contribution in [0.4, 0.5) is 0 Å². The summed E-state index contributed by atoms with van der Waals surface area (Å²) in [6.07, 6.45) is 5.33. The zero-order chi connectivity index (χ0) is 16.1. The zero-order valence-corrected chi connectivity index (χ0v) is 13.7. The van der Waals surface area contributed by atoms with Crippen LogP contribution in [0.1, 0.15) is 33.1 Å². The van der Waals surface area contributed by atoms with Gasteiger partial charge in [-0.2, -0.15) is 0 Å². The first kappa shape index (κ1) is 21.0. The second-order valence-electron chi connectivity index (χ2n) is 4.97. The Kier molecular flexibility index (Phi) is 13.4. The highest BCUT2D eigenvalue weighted by molar-refractivity contribution is 6.25. The monoisotopic (exact) mass is 302 g/mol. The molecule has 0 aliphatic heterocycles. The van der Waals surface area contributed by atoms with Gasteiger partial charge in [-0.1, -0.05) is 37.6 Å². The number of amides is 2. The molecule has 0 radical (unpaired) electrons.